The molecule has 2 N–H and O–H groups in total. The van der Waals surface area contributed by atoms with E-state index in [1.165, 1.54) is 14.0 Å². The van der Waals surface area contributed by atoms with E-state index in [9.17, 15) is 13.2 Å². The summed E-state index contributed by atoms with van der Waals surface area (Å²) in [6.07, 6.45) is 0.889. The quantitative estimate of drug-likeness (QED) is 0.781. The molecule has 0 spiro atoms. The number of sulfonamides is 1. The van der Waals surface area contributed by atoms with Crippen LogP contribution in [0.25, 0.3) is 0 Å². The first kappa shape index (κ1) is 20.0. The van der Waals surface area contributed by atoms with E-state index < -0.39 is 16.0 Å². The molecule has 7 nitrogen and oxygen atoms in total. The summed E-state index contributed by atoms with van der Waals surface area (Å²) in [5.74, 6) is -0.0863. The number of halogens is 1. The van der Waals surface area contributed by atoms with Gasteiger partial charge in [0.2, 0.25) is 10.0 Å². The Morgan fingerprint density at radius 2 is 2.00 bits per heavy atom. The number of piperidine rings is 1. The molecule has 0 saturated carbocycles. The summed E-state index contributed by atoms with van der Waals surface area (Å²) in [4.78, 5) is 11.8. The number of hydrogen-bond donors (Lipinski definition) is 2. The molecule has 0 radical (unpaired) electrons. The third kappa shape index (κ3) is 4.06. The molecule has 0 aromatic carbocycles. The van der Waals surface area contributed by atoms with Crippen LogP contribution in [0.15, 0.2) is 9.31 Å². The number of hydrogen-bond acceptors (Lipinski definition) is 6. The van der Waals surface area contributed by atoms with Crippen molar-refractivity contribution in [3.8, 4) is 0 Å². The lowest BCUT2D eigenvalue weighted by Gasteiger charge is -2.29. The molecule has 2 rings (SSSR count). The zero-order valence-corrected chi connectivity index (χ0v) is 15.3. The van der Waals surface area contributed by atoms with Crippen molar-refractivity contribution >= 4 is 28.4 Å². The van der Waals surface area contributed by atoms with Gasteiger partial charge in [-0.15, -0.1) is 12.4 Å². The summed E-state index contributed by atoms with van der Waals surface area (Å²) >= 11 is 0. The molecular formula is C14H23ClN2O5S. The number of esters is 1. The second-order valence-electron chi connectivity index (χ2n) is 5.61. The van der Waals surface area contributed by atoms with E-state index >= 15 is 0 Å². The molecule has 132 valence electrons. The molecule has 1 aromatic heterocycles. The molecule has 9 heteroatoms. The van der Waals surface area contributed by atoms with Gasteiger partial charge in [0.25, 0.3) is 0 Å². The fourth-order valence-corrected chi connectivity index (χ4v) is 4.48. The predicted molar refractivity (Wildman–Crippen MR) is 87.5 cm³/mol. The minimum Gasteiger partial charge on any atom is -0.465 e. The van der Waals surface area contributed by atoms with Crippen LogP contribution in [0, 0.1) is 19.8 Å². The van der Waals surface area contributed by atoms with E-state index in [4.69, 9.17) is 4.42 Å². The van der Waals surface area contributed by atoms with Gasteiger partial charge in [-0.3, -0.25) is 0 Å². The molecule has 1 fully saturated rings. The number of ether oxygens (including phenoxy) is 1. The summed E-state index contributed by atoms with van der Waals surface area (Å²) in [6.45, 7) is 6.50. The fourth-order valence-electron chi connectivity index (χ4n) is 2.73. The number of methoxy groups -OCH3 is 1. The van der Waals surface area contributed by atoms with E-state index in [1.807, 2.05) is 6.92 Å². The summed E-state index contributed by atoms with van der Waals surface area (Å²) in [5.41, 5.74) is -0.0380. The Hall–Kier alpha value is -1.09. The van der Waals surface area contributed by atoms with Crippen LogP contribution in [-0.4, -0.2) is 40.6 Å². The van der Waals surface area contributed by atoms with Crippen molar-refractivity contribution in [3.63, 3.8) is 0 Å². The van der Waals surface area contributed by atoms with Crippen LogP contribution in [0.3, 0.4) is 0 Å². The Morgan fingerprint density at radius 3 is 2.57 bits per heavy atom. The highest BCUT2D eigenvalue weighted by atomic mass is 35.5. The zero-order valence-electron chi connectivity index (χ0n) is 13.6. The van der Waals surface area contributed by atoms with Gasteiger partial charge in [-0.05, 0) is 32.7 Å². The Labute approximate surface area is 142 Å². The van der Waals surface area contributed by atoms with Crippen LogP contribution in [-0.2, 0) is 14.8 Å². The van der Waals surface area contributed by atoms with E-state index in [-0.39, 0.29) is 46.3 Å². The average molecular weight is 367 g/mol. The average Bonchev–Trinajstić information content (AvgIpc) is 2.75. The number of carbonyl (C=O) groups excluding carboxylic acids is 1. The molecule has 0 aliphatic carbocycles. The van der Waals surface area contributed by atoms with E-state index in [2.05, 4.69) is 14.8 Å². The molecule has 0 bridgehead atoms. The van der Waals surface area contributed by atoms with E-state index in [0.717, 1.165) is 13.0 Å². The predicted octanol–water partition coefficient (Wildman–Crippen LogP) is 1.38. The van der Waals surface area contributed by atoms with Crippen LogP contribution in [0.1, 0.15) is 35.2 Å². The van der Waals surface area contributed by atoms with Crippen molar-refractivity contribution in [3.05, 3.63) is 17.1 Å². The van der Waals surface area contributed by atoms with Crippen molar-refractivity contribution in [2.45, 2.75) is 38.1 Å². The SMILES string of the molecule is COC(=O)c1c(C)oc(C)c1S(=O)(=O)NC1CNCCC1C.Cl. The maximum Gasteiger partial charge on any atom is 0.342 e. The Kier molecular flexibility index (Phi) is 6.64. The second kappa shape index (κ2) is 7.65. The van der Waals surface area contributed by atoms with Crippen molar-refractivity contribution in [2.24, 2.45) is 5.92 Å². The van der Waals surface area contributed by atoms with Crippen molar-refractivity contribution in [1.82, 2.24) is 10.0 Å². The maximum absolute atomic E-state index is 12.7. The second-order valence-corrected chi connectivity index (χ2v) is 7.26. The monoisotopic (exact) mass is 366 g/mol. The highest BCUT2D eigenvalue weighted by Gasteiger charge is 2.34. The molecule has 2 atom stereocenters. The van der Waals surface area contributed by atoms with Crippen LogP contribution >= 0.6 is 12.4 Å². The van der Waals surface area contributed by atoms with Crippen LogP contribution in [0.2, 0.25) is 0 Å². The number of rotatable bonds is 4. The Bertz CT molecular complexity index is 671. The van der Waals surface area contributed by atoms with Crippen LogP contribution in [0.4, 0.5) is 0 Å². The minimum atomic E-state index is -3.87. The van der Waals surface area contributed by atoms with E-state index in [0.29, 0.717) is 6.54 Å². The Balaban J connectivity index is 0.00000264. The molecule has 1 aliphatic rings. The number of nitrogens with one attached hydrogen (secondary N) is 2. The first-order chi connectivity index (χ1) is 10.3. The largest absolute Gasteiger partial charge is 0.465 e. The van der Waals surface area contributed by atoms with Crippen LogP contribution < -0.4 is 10.0 Å². The highest BCUT2D eigenvalue weighted by molar-refractivity contribution is 7.89. The van der Waals surface area contributed by atoms with Gasteiger partial charge < -0.3 is 14.5 Å². The Morgan fingerprint density at radius 1 is 1.35 bits per heavy atom. The molecular weight excluding hydrogens is 344 g/mol. The molecule has 23 heavy (non-hydrogen) atoms. The fraction of sp³-hybridized carbons (Fsp3) is 0.643. The lowest BCUT2D eigenvalue weighted by molar-refractivity contribution is 0.0595. The van der Waals surface area contributed by atoms with Gasteiger partial charge in [-0.25, -0.2) is 17.9 Å². The summed E-state index contributed by atoms with van der Waals surface area (Å²) < 4.78 is 38.1. The summed E-state index contributed by atoms with van der Waals surface area (Å²) in [5, 5.41) is 3.17. The first-order valence-electron chi connectivity index (χ1n) is 7.19. The van der Waals surface area contributed by atoms with Gasteiger partial charge in [-0.2, -0.15) is 0 Å². The third-order valence-electron chi connectivity index (χ3n) is 4.00. The van der Waals surface area contributed by atoms with E-state index in [1.54, 1.807) is 6.92 Å². The van der Waals surface area contributed by atoms with Gasteiger partial charge in [0, 0.05) is 12.6 Å². The minimum absolute atomic E-state index is 0. The lowest BCUT2D eigenvalue weighted by atomic mass is 9.96. The van der Waals surface area contributed by atoms with Gasteiger partial charge in [0.15, 0.2) is 0 Å². The maximum atomic E-state index is 12.7. The highest BCUT2D eigenvalue weighted by Crippen LogP contribution is 2.28. The normalized spacial score (nSPS) is 21.6. The topological polar surface area (TPSA) is 97.6 Å². The third-order valence-corrected chi connectivity index (χ3v) is 5.64. The summed E-state index contributed by atoms with van der Waals surface area (Å²) in [6, 6.07) is -0.223. The first-order valence-corrected chi connectivity index (χ1v) is 8.67. The number of aryl methyl sites for hydroxylation is 2. The standard InChI is InChI=1S/C14H22N2O5S.ClH/c1-8-5-6-15-7-11(8)16-22(18,19)13-10(3)21-9(2)12(13)14(17)20-4;/h8,11,15-16H,5-7H2,1-4H3;1H. The molecule has 0 amide bonds. The zero-order chi connectivity index (χ0) is 16.5. The number of carbonyl (C=O) groups is 1. The van der Waals surface area contributed by atoms with Gasteiger partial charge >= 0.3 is 5.97 Å². The molecule has 1 aliphatic heterocycles. The molecule has 1 saturated heterocycles. The summed E-state index contributed by atoms with van der Waals surface area (Å²) in [7, 11) is -2.66. The van der Waals surface area contributed by atoms with Gasteiger partial charge in [-0.1, -0.05) is 6.92 Å². The van der Waals surface area contributed by atoms with Crippen LogP contribution in [0.5, 0.6) is 0 Å². The number of furan rings is 1. The van der Waals surface area contributed by atoms with Gasteiger partial charge in [0.1, 0.15) is 22.0 Å². The van der Waals surface area contributed by atoms with Crippen molar-refractivity contribution in [2.75, 3.05) is 20.2 Å². The van der Waals surface area contributed by atoms with Crippen molar-refractivity contribution < 1.29 is 22.4 Å². The lowest BCUT2D eigenvalue weighted by Crippen LogP contribution is -2.50. The van der Waals surface area contributed by atoms with Gasteiger partial charge in [0.05, 0.1) is 7.11 Å². The molecule has 2 unspecified atom stereocenters. The smallest absolute Gasteiger partial charge is 0.342 e. The van der Waals surface area contributed by atoms with Crippen molar-refractivity contribution in [1.29, 1.82) is 0 Å². The molecule has 2 heterocycles. The molecule has 1 aromatic rings.